The highest BCUT2D eigenvalue weighted by Crippen LogP contribution is 2.14. The van der Waals surface area contributed by atoms with Crippen molar-refractivity contribution >= 4 is 34.9 Å². The van der Waals surface area contributed by atoms with Gasteiger partial charge in [0.15, 0.2) is 0 Å². The molecule has 0 saturated carbocycles. The first-order valence-electron chi connectivity index (χ1n) is 8.66. The summed E-state index contributed by atoms with van der Waals surface area (Å²) in [6.45, 7) is 1.23. The first kappa shape index (κ1) is 18.4. The van der Waals surface area contributed by atoms with Crippen molar-refractivity contribution in [2.24, 2.45) is 0 Å². The van der Waals surface area contributed by atoms with Gasteiger partial charge in [-0.05, 0) is 59.0 Å². The van der Waals surface area contributed by atoms with Crippen LogP contribution in [0, 0.1) is 0 Å². The van der Waals surface area contributed by atoms with Gasteiger partial charge in [-0.1, -0.05) is 12.1 Å². The van der Waals surface area contributed by atoms with Gasteiger partial charge >= 0.3 is 0 Å². The number of nitrogens with zero attached hydrogens (tertiary/aromatic N) is 1. The molecule has 5 nitrogen and oxygen atoms in total. The highest BCUT2D eigenvalue weighted by atomic mass is 32.1. The van der Waals surface area contributed by atoms with Gasteiger partial charge < -0.3 is 15.3 Å². The van der Waals surface area contributed by atoms with E-state index in [1.807, 2.05) is 29.0 Å². The zero-order valence-electron chi connectivity index (χ0n) is 14.4. The number of hydrogen-bond donors (Lipinski definition) is 2. The Kier molecular flexibility index (Phi) is 6.20. The monoisotopic (exact) mass is 370 g/mol. The molecule has 136 valence electrons. The predicted molar refractivity (Wildman–Crippen MR) is 104 cm³/mol. The molecule has 0 atom stereocenters. The van der Waals surface area contributed by atoms with Crippen LogP contribution in [0.25, 0.3) is 6.08 Å². The van der Waals surface area contributed by atoms with Crippen molar-refractivity contribution in [3.8, 4) is 0 Å². The number of benzene rings is 1. The molecule has 0 aliphatic carbocycles. The Balaban J connectivity index is 1.50. The quantitative estimate of drug-likeness (QED) is 0.795. The second-order valence-corrected chi connectivity index (χ2v) is 7.14. The summed E-state index contributed by atoms with van der Waals surface area (Å²) in [5.41, 5.74) is 2.61. The summed E-state index contributed by atoms with van der Waals surface area (Å²) >= 11 is 1.59. The molecule has 0 bridgehead atoms. The average Bonchev–Trinajstić information content (AvgIpc) is 3.16. The summed E-state index contributed by atoms with van der Waals surface area (Å²) in [4.78, 5) is 26.0. The average molecular weight is 370 g/mol. The Morgan fingerprint density at radius 1 is 1.19 bits per heavy atom. The molecule has 3 rings (SSSR count). The first-order chi connectivity index (χ1) is 12.6. The smallest absolute Gasteiger partial charge is 0.248 e. The van der Waals surface area contributed by atoms with E-state index in [0.29, 0.717) is 38.0 Å². The SMILES string of the molecule is O=C(/C=C/c1ccsc1)Nc1ccc(CC(=O)N2CCC(O)CC2)cc1. The molecule has 0 radical (unpaired) electrons. The number of anilines is 1. The standard InChI is InChI=1S/C20H22N2O3S/c23-18-7-10-22(11-8-18)20(25)13-15-1-4-17(5-2-15)21-19(24)6-3-16-9-12-26-14-16/h1-6,9,12,14,18,23H,7-8,10-11,13H2,(H,21,24)/b6-3+. The van der Waals surface area contributed by atoms with E-state index < -0.39 is 0 Å². The summed E-state index contributed by atoms with van der Waals surface area (Å²) in [5.74, 6) is -0.112. The third kappa shape index (κ3) is 5.28. The largest absolute Gasteiger partial charge is 0.393 e. The lowest BCUT2D eigenvalue weighted by atomic mass is 10.1. The number of piperidine rings is 1. The number of carbonyl (C=O) groups excluding carboxylic acids is 2. The number of aliphatic hydroxyl groups is 1. The second-order valence-electron chi connectivity index (χ2n) is 6.36. The molecule has 2 aromatic rings. The molecule has 1 aromatic carbocycles. The Morgan fingerprint density at radius 3 is 2.58 bits per heavy atom. The number of likely N-dealkylation sites (tertiary alicyclic amines) is 1. The van der Waals surface area contributed by atoms with Crippen molar-refractivity contribution in [3.63, 3.8) is 0 Å². The molecule has 6 heteroatoms. The van der Waals surface area contributed by atoms with Crippen LogP contribution in [0.3, 0.4) is 0 Å². The number of hydrogen-bond acceptors (Lipinski definition) is 4. The molecule has 26 heavy (non-hydrogen) atoms. The zero-order chi connectivity index (χ0) is 18.4. The van der Waals surface area contributed by atoms with Crippen molar-refractivity contribution in [2.75, 3.05) is 18.4 Å². The lowest BCUT2D eigenvalue weighted by molar-refractivity contribution is -0.132. The fourth-order valence-electron chi connectivity index (χ4n) is 2.83. The summed E-state index contributed by atoms with van der Waals surface area (Å²) in [5, 5.41) is 16.3. The molecule has 1 saturated heterocycles. The van der Waals surface area contributed by atoms with Gasteiger partial charge in [-0.3, -0.25) is 9.59 Å². The van der Waals surface area contributed by atoms with Crippen LogP contribution < -0.4 is 5.32 Å². The zero-order valence-corrected chi connectivity index (χ0v) is 15.2. The highest BCUT2D eigenvalue weighted by molar-refractivity contribution is 7.08. The van der Waals surface area contributed by atoms with Gasteiger partial charge in [-0.15, -0.1) is 0 Å². The normalized spacial score (nSPS) is 15.3. The topological polar surface area (TPSA) is 69.6 Å². The lowest BCUT2D eigenvalue weighted by Gasteiger charge is -2.29. The van der Waals surface area contributed by atoms with Gasteiger partial charge in [0.05, 0.1) is 12.5 Å². The molecular formula is C20H22N2O3S. The summed E-state index contributed by atoms with van der Waals surface area (Å²) in [7, 11) is 0. The molecular weight excluding hydrogens is 348 g/mol. The predicted octanol–water partition coefficient (Wildman–Crippen LogP) is 2.93. The number of thiophene rings is 1. The molecule has 2 amide bonds. The van der Waals surface area contributed by atoms with E-state index in [0.717, 1.165) is 11.1 Å². The van der Waals surface area contributed by atoms with Gasteiger partial charge in [0, 0.05) is 24.9 Å². The lowest BCUT2D eigenvalue weighted by Crippen LogP contribution is -2.40. The molecule has 1 aromatic heterocycles. The number of rotatable bonds is 5. The van der Waals surface area contributed by atoms with Crippen LogP contribution in [0.5, 0.6) is 0 Å². The van der Waals surface area contributed by atoms with E-state index >= 15 is 0 Å². The fraction of sp³-hybridized carbons (Fsp3) is 0.300. The Morgan fingerprint density at radius 2 is 1.92 bits per heavy atom. The van der Waals surface area contributed by atoms with E-state index in [2.05, 4.69) is 5.32 Å². The van der Waals surface area contributed by atoms with E-state index in [-0.39, 0.29) is 17.9 Å². The fourth-order valence-corrected chi connectivity index (χ4v) is 3.46. The van der Waals surface area contributed by atoms with Gasteiger partial charge in [0.1, 0.15) is 0 Å². The molecule has 1 aliphatic heterocycles. The van der Waals surface area contributed by atoms with E-state index in [1.54, 1.807) is 34.4 Å². The van der Waals surface area contributed by atoms with E-state index in [1.165, 1.54) is 6.08 Å². The van der Waals surface area contributed by atoms with Gasteiger partial charge in [0.25, 0.3) is 0 Å². The molecule has 0 unspecified atom stereocenters. The third-order valence-electron chi connectivity index (χ3n) is 4.36. The second kappa shape index (κ2) is 8.78. The number of carbonyl (C=O) groups is 2. The molecule has 1 fully saturated rings. The van der Waals surface area contributed by atoms with Crippen LogP contribution in [0.4, 0.5) is 5.69 Å². The van der Waals surface area contributed by atoms with Crippen molar-refractivity contribution in [3.05, 3.63) is 58.3 Å². The summed E-state index contributed by atoms with van der Waals surface area (Å²) < 4.78 is 0. The van der Waals surface area contributed by atoms with Gasteiger partial charge in [-0.25, -0.2) is 0 Å². The molecule has 2 N–H and O–H groups in total. The third-order valence-corrected chi connectivity index (χ3v) is 5.07. The number of aliphatic hydroxyl groups excluding tert-OH is 1. The van der Waals surface area contributed by atoms with Crippen LogP contribution in [-0.2, 0) is 16.0 Å². The first-order valence-corrected chi connectivity index (χ1v) is 9.60. The maximum absolute atomic E-state index is 12.3. The van der Waals surface area contributed by atoms with Crippen molar-refractivity contribution in [2.45, 2.75) is 25.4 Å². The summed E-state index contributed by atoms with van der Waals surface area (Å²) in [6, 6.07) is 9.27. The van der Waals surface area contributed by atoms with Crippen molar-refractivity contribution in [1.29, 1.82) is 0 Å². The number of nitrogens with one attached hydrogen (secondary N) is 1. The van der Waals surface area contributed by atoms with E-state index in [4.69, 9.17) is 0 Å². The van der Waals surface area contributed by atoms with Crippen molar-refractivity contribution in [1.82, 2.24) is 4.90 Å². The van der Waals surface area contributed by atoms with Gasteiger partial charge in [-0.2, -0.15) is 11.3 Å². The van der Waals surface area contributed by atoms with Crippen LogP contribution in [0.15, 0.2) is 47.2 Å². The minimum atomic E-state index is -0.282. The minimum absolute atomic E-state index is 0.0763. The summed E-state index contributed by atoms with van der Waals surface area (Å²) in [6.07, 6.45) is 4.63. The van der Waals surface area contributed by atoms with Gasteiger partial charge in [0.2, 0.25) is 11.8 Å². The molecule has 2 heterocycles. The maximum Gasteiger partial charge on any atom is 0.248 e. The van der Waals surface area contributed by atoms with Crippen LogP contribution in [0.2, 0.25) is 0 Å². The maximum atomic E-state index is 12.3. The Labute approximate surface area is 157 Å². The van der Waals surface area contributed by atoms with Crippen LogP contribution >= 0.6 is 11.3 Å². The van der Waals surface area contributed by atoms with Crippen LogP contribution in [-0.4, -0.2) is 41.0 Å². The number of amides is 2. The Hall–Kier alpha value is -2.44. The molecule has 1 aliphatic rings. The molecule has 0 spiro atoms. The Bertz CT molecular complexity index is 761. The van der Waals surface area contributed by atoms with Crippen molar-refractivity contribution < 1.29 is 14.7 Å². The van der Waals surface area contributed by atoms with E-state index in [9.17, 15) is 14.7 Å². The minimum Gasteiger partial charge on any atom is -0.393 e. The van der Waals surface area contributed by atoms with Crippen LogP contribution in [0.1, 0.15) is 24.0 Å². The highest BCUT2D eigenvalue weighted by Gasteiger charge is 2.21.